The second-order valence-corrected chi connectivity index (χ2v) is 11.3. The van der Waals surface area contributed by atoms with Crippen molar-refractivity contribution < 1.29 is 28.9 Å². The predicted octanol–water partition coefficient (Wildman–Crippen LogP) is 5.45. The fourth-order valence-corrected chi connectivity index (χ4v) is 5.70. The van der Waals surface area contributed by atoms with Gasteiger partial charge in [0.15, 0.2) is 0 Å². The van der Waals surface area contributed by atoms with E-state index in [0.717, 1.165) is 28.7 Å². The standard InChI is InChI=1S/C29H43N2O6P/c1-9-35-28(33)21(7)30-38(31-22(8)29(34)36-10-2)17-37-24-13-19(5)26(20(6)14-24)16-23-11-12-27(32)25(15-23)18(3)4/h11-15,18,21-22,30-32H,9-10,16-17H2,1-8H3. The third kappa shape index (κ3) is 9.26. The molecule has 0 saturated carbocycles. The number of rotatable bonds is 14. The van der Waals surface area contributed by atoms with Crippen LogP contribution in [0.4, 0.5) is 0 Å². The van der Waals surface area contributed by atoms with Crippen LogP contribution in [0.5, 0.6) is 11.5 Å². The summed E-state index contributed by atoms with van der Waals surface area (Å²) in [4.78, 5) is 24.4. The molecule has 0 fully saturated rings. The van der Waals surface area contributed by atoms with E-state index in [0.29, 0.717) is 24.7 Å². The average Bonchev–Trinajstić information content (AvgIpc) is 2.85. The number of hydrogen-bond donors (Lipinski definition) is 3. The van der Waals surface area contributed by atoms with Crippen molar-refractivity contribution in [2.45, 2.75) is 79.8 Å². The molecule has 38 heavy (non-hydrogen) atoms. The summed E-state index contributed by atoms with van der Waals surface area (Å²) < 4.78 is 16.4. The van der Waals surface area contributed by atoms with Crippen LogP contribution in [0.25, 0.3) is 0 Å². The highest BCUT2D eigenvalue weighted by Gasteiger charge is 2.24. The fourth-order valence-electron chi connectivity index (χ4n) is 4.05. The third-order valence-corrected chi connectivity index (χ3v) is 7.89. The monoisotopic (exact) mass is 546 g/mol. The molecule has 210 valence electrons. The lowest BCUT2D eigenvalue weighted by Crippen LogP contribution is -2.41. The smallest absolute Gasteiger partial charge is 0.323 e. The van der Waals surface area contributed by atoms with E-state index in [9.17, 15) is 14.7 Å². The van der Waals surface area contributed by atoms with E-state index < -0.39 is 20.3 Å². The molecule has 8 nitrogen and oxygen atoms in total. The molecule has 2 atom stereocenters. The van der Waals surface area contributed by atoms with Gasteiger partial charge in [-0.3, -0.25) is 19.8 Å². The Kier molecular flexibility index (Phi) is 12.5. The molecular formula is C29H43N2O6P. The Morgan fingerprint density at radius 2 is 1.42 bits per heavy atom. The number of carbonyl (C=O) groups is 2. The van der Waals surface area contributed by atoms with Crippen LogP contribution in [0.3, 0.4) is 0 Å². The number of nitrogens with one attached hydrogen (secondary N) is 2. The van der Waals surface area contributed by atoms with E-state index in [1.165, 1.54) is 5.56 Å². The van der Waals surface area contributed by atoms with Gasteiger partial charge >= 0.3 is 11.9 Å². The molecular weight excluding hydrogens is 503 g/mol. The van der Waals surface area contributed by atoms with Crippen LogP contribution in [-0.2, 0) is 25.5 Å². The molecule has 0 saturated heterocycles. The zero-order chi connectivity index (χ0) is 28.4. The minimum absolute atomic E-state index is 0.233. The molecule has 2 aromatic carbocycles. The fraction of sp³-hybridized carbons (Fsp3) is 0.517. The SMILES string of the molecule is CCOC(=O)C(C)NP(COc1cc(C)c(Cc2ccc(O)c(C(C)C)c2)c(C)c1)NC(C)C(=O)OCC. The molecule has 9 heteroatoms. The maximum absolute atomic E-state index is 12.2. The number of carbonyl (C=O) groups excluding carboxylic acids is 2. The minimum Gasteiger partial charge on any atom is -0.508 e. The normalized spacial score (nSPS) is 13.6. The van der Waals surface area contributed by atoms with Gasteiger partial charge in [-0.1, -0.05) is 26.0 Å². The molecule has 0 heterocycles. The Morgan fingerprint density at radius 1 is 0.895 bits per heavy atom. The van der Waals surface area contributed by atoms with Crippen molar-refractivity contribution in [2.75, 3.05) is 19.6 Å². The highest BCUT2D eigenvalue weighted by atomic mass is 31.1. The quantitative estimate of drug-likeness (QED) is 0.212. The first kappa shape index (κ1) is 31.5. The van der Waals surface area contributed by atoms with Crippen LogP contribution in [-0.4, -0.2) is 48.7 Å². The van der Waals surface area contributed by atoms with Crippen molar-refractivity contribution in [2.24, 2.45) is 0 Å². The first-order chi connectivity index (χ1) is 18.0. The van der Waals surface area contributed by atoms with Crippen LogP contribution in [0, 0.1) is 13.8 Å². The highest BCUT2D eigenvalue weighted by molar-refractivity contribution is 7.53. The second kappa shape index (κ2) is 15.1. The Labute approximate surface area is 228 Å². The molecule has 0 radical (unpaired) electrons. The molecule has 0 aliphatic rings. The number of hydrogen-bond acceptors (Lipinski definition) is 8. The zero-order valence-corrected chi connectivity index (χ0v) is 24.8. The number of phenols is 1. The van der Waals surface area contributed by atoms with Crippen molar-refractivity contribution >= 4 is 20.2 Å². The van der Waals surface area contributed by atoms with Crippen LogP contribution in [0.2, 0.25) is 0 Å². The average molecular weight is 547 g/mol. The minimum atomic E-state index is -1.28. The van der Waals surface area contributed by atoms with Gasteiger partial charge in [-0.2, -0.15) is 0 Å². The van der Waals surface area contributed by atoms with Crippen LogP contribution >= 0.6 is 8.22 Å². The number of aromatic hydroxyl groups is 1. The first-order valence-corrected chi connectivity index (χ1v) is 14.7. The number of ether oxygens (including phenoxy) is 3. The molecule has 0 amide bonds. The van der Waals surface area contributed by atoms with E-state index in [-0.39, 0.29) is 24.2 Å². The van der Waals surface area contributed by atoms with E-state index >= 15 is 0 Å². The van der Waals surface area contributed by atoms with Gasteiger partial charge in [0.2, 0.25) is 0 Å². The summed E-state index contributed by atoms with van der Waals surface area (Å²) in [5.41, 5.74) is 5.50. The lowest BCUT2D eigenvalue weighted by Gasteiger charge is -2.26. The molecule has 2 aromatic rings. The number of phenolic OH excluding ortho intramolecular Hbond substituents is 1. The molecule has 3 N–H and O–H groups in total. The predicted molar refractivity (Wildman–Crippen MR) is 152 cm³/mol. The molecule has 0 bridgehead atoms. The van der Waals surface area contributed by atoms with Gasteiger partial charge in [0.25, 0.3) is 0 Å². The Hall–Kier alpha value is -2.67. The summed E-state index contributed by atoms with van der Waals surface area (Å²) in [6, 6.07) is 8.67. The third-order valence-electron chi connectivity index (χ3n) is 6.10. The van der Waals surface area contributed by atoms with E-state index in [4.69, 9.17) is 14.2 Å². The van der Waals surface area contributed by atoms with Crippen LogP contribution < -0.4 is 14.9 Å². The van der Waals surface area contributed by atoms with Gasteiger partial charge in [-0.15, -0.1) is 0 Å². The van der Waals surface area contributed by atoms with Crippen LogP contribution in [0.1, 0.15) is 75.3 Å². The molecule has 0 aromatic heterocycles. The van der Waals surface area contributed by atoms with E-state index in [1.54, 1.807) is 33.8 Å². The van der Waals surface area contributed by atoms with E-state index in [1.807, 2.05) is 18.2 Å². The number of aryl methyl sites for hydroxylation is 2. The summed E-state index contributed by atoms with van der Waals surface area (Å²) in [6.45, 7) is 15.8. The van der Waals surface area contributed by atoms with Gasteiger partial charge in [-0.25, -0.2) is 0 Å². The topological polar surface area (TPSA) is 106 Å². The lowest BCUT2D eigenvalue weighted by molar-refractivity contribution is -0.145. The van der Waals surface area contributed by atoms with E-state index in [2.05, 4.69) is 43.9 Å². The summed E-state index contributed by atoms with van der Waals surface area (Å²) in [5.74, 6) is 0.548. The van der Waals surface area contributed by atoms with Gasteiger partial charge in [0.1, 0.15) is 29.9 Å². The Morgan fingerprint density at radius 3 is 1.89 bits per heavy atom. The lowest BCUT2D eigenvalue weighted by atomic mass is 9.93. The summed E-state index contributed by atoms with van der Waals surface area (Å²) >= 11 is 0. The molecule has 0 spiro atoms. The largest absolute Gasteiger partial charge is 0.508 e. The van der Waals surface area contributed by atoms with Crippen molar-refractivity contribution in [3.8, 4) is 11.5 Å². The Bertz CT molecular complexity index is 1040. The van der Waals surface area contributed by atoms with Gasteiger partial charge in [0, 0.05) is 0 Å². The van der Waals surface area contributed by atoms with Crippen LogP contribution in [0.15, 0.2) is 30.3 Å². The highest BCUT2D eigenvalue weighted by Crippen LogP contribution is 2.32. The zero-order valence-electron chi connectivity index (χ0n) is 23.9. The second-order valence-electron chi connectivity index (χ2n) is 9.67. The Balaban J connectivity index is 2.17. The summed E-state index contributed by atoms with van der Waals surface area (Å²) in [5, 5.41) is 16.6. The molecule has 0 aliphatic carbocycles. The van der Waals surface area contributed by atoms with Gasteiger partial charge < -0.3 is 19.3 Å². The maximum atomic E-state index is 12.2. The van der Waals surface area contributed by atoms with Crippen molar-refractivity contribution in [3.05, 3.63) is 58.1 Å². The number of benzene rings is 2. The molecule has 2 rings (SSSR count). The first-order valence-electron chi connectivity index (χ1n) is 13.1. The van der Waals surface area contributed by atoms with Gasteiger partial charge in [-0.05, 0) is 99.9 Å². The maximum Gasteiger partial charge on any atom is 0.323 e. The summed E-state index contributed by atoms with van der Waals surface area (Å²) in [6.07, 6.45) is 0.985. The molecule has 2 unspecified atom stereocenters. The molecule has 0 aliphatic heterocycles. The number of esters is 2. The van der Waals surface area contributed by atoms with Gasteiger partial charge in [0.05, 0.1) is 21.4 Å². The van der Waals surface area contributed by atoms with Crippen molar-refractivity contribution in [1.29, 1.82) is 0 Å². The van der Waals surface area contributed by atoms with Crippen molar-refractivity contribution in [3.63, 3.8) is 0 Å². The van der Waals surface area contributed by atoms with Crippen molar-refractivity contribution in [1.82, 2.24) is 10.2 Å². The summed E-state index contributed by atoms with van der Waals surface area (Å²) in [7, 11) is -1.28.